The summed E-state index contributed by atoms with van der Waals surface area (Å²) >= 11 is 0. The zero-order chi connectivity index (χ0) is 25.4. The van der Waals surface area contributed by atoms with E-state index < -0.39 is 0 Å². The number of likely N-dealkylation sites (N-methyl/N-ethyl adjacent to an activating group) is 1. The molecule has 3 heterocycles. The summed E-state index contributed by atoms with van der Waals surface area (Å²) < 4.78 is 1.87. The number of carbonyl (C=O) groups excluding carboxylic acids is 2. The fourth-order valence-electron chi connectivity index (χ4n) is 4.43. The lowest BCUT2D eigenvalue weighted by atomic mass is 9.85. The van der Waals surface area contributed by atoms with Crippen LogP contribution < -0.4 is 11.1 Å². The minimum Gasteiger partial charge on any atom is -0.383 e. The summed E-state index contributed by atoms with van der Waals surface area (Å²) in [5.74, 6) is 0.483. The molecule has 1 aromatic carbocycles. The molecule has 1 aliphatic carbocycles. The van der Waals surface area contributed by atoms with Crippen molar-refractivity contribution in [3.05, 3.63) is 72.7 Å². The number of aryl methyl sites for hydroxylation is 1. The fourth-order valence-corrected chi connectivity index (χ4v) is 4.43. The lowest BCUT2D eigenvalue weighted by molar-refractivity contribution is -0.129. The van der Waals surface area contributed by atoms with Gasteiger partial charge in [0.2, 0.25) is 5.91 Å². The molecule has 1 aliphatic rings. The molecule has 0 bridgehead atoms. The number of nitrogens with zero attached hydrogens (tertiary/aromatic N) is 6. The number of pyridine rings is 1. The van der Waals surface area contributed by atoms with E-state index in [4.69, 9.17) is 10.8 Å². The summed E-state index contributed by atoms with van der Waals surface area (Å²) in [6, 6.07) is 12.8. The van der Waals surface area contributed by atoms with Crippen molar-refractivity contribution < 1.29 is 9.59 Å². The largest absolute Gasteiger partial charge is 0.383 e. The van der Waals surface area contributed by atoms with Gasteiger partial charge in [-0.15, -0.1) is 0 Å². The van der Waals surface area contributed by atoms with Crippen LogP contribution in [0.1, 0.15) is 34.9 Å². The molecule has 4 aromatic rings. The van der Waals surface area contributed by atoms with E-state index in [0.29, 0.717) is 33.9 Å². The predicted octanol–water partition coefficient (Wildman–Crippen LogP) is 3.38. The highest BCUT2D eigenvalue weighted by atomic mass is 16.2. The Labute approximate surface area is 207 Å². The van der Waals surface area contributed by atoms with Gasteiger partial charge in [-0.25, -0.2) is 19.6 Å². The van der Waals surface area contributed by atoms with E-state index in [1.54, 1.807) is 30.1 Å². The SMILES string of the molecule is C=CC(=O)N(C)[C@H]1C[C@@H](n2nc(-c3ccc(C(=O)Nc4cccc(C)n4)cc3)c3c(N)ncnc32)C1. The van der Waals surface area contributed by atoms with E-state index in [2.05, 4.69) is 26.8 Å². The standard InChI is InChI=1S/C26H26N8O2/c1-4-21(35)33(3)18-12-19(13-18)34-25-22(24(27)28-14-29-25)23(32-34)16-8-10-17(11-9-16)26(36)31-20-7-5-6-15(2)30-20/h4-11,14,18-19H,1,12-13H2,2-3H3,(H2,27,28,29)(H,30,31,36)/t18-,19+. The van der Waals surface area contributed by atoms with Crippen LogP contribution in [0.4, 0.5) is 11.6 Å². The number of hydrogen-bond acceptors (Lipinski definition) is 7. The molecular formula is C26H26N8O2. The number of amides is 2. The normalized spacial score (nSPS) is 16.8. The Kier molecular flexibility index (Phi) is 5.93. The van der Waals surface area contributed by atoms with Gasteiger partial charge in [0.05, 0.1) is 11.4 Å². The highest BCUT2D eigenvalue weighted by molar-refractivity contribution is 6.04. The number of aromatic nitrogens is 5. The van der Waals surface area contributed by atoms with Gasteiger partial charge in [-0.3, -0.25) is 9.59 Å². The molecule has 0 radical (unpaired) electrons. The summed E-state index contributed by atoms with van der Waals surface area (Å²) in [6.07, 6.45) is 4.25. The van der Waals surface area contributed by atoms with Crippen molar-refractivity contribution in [3.63, 3.8) is 0 Å². The Hall–Kier alpha value is -4.60. The van der Waals surface area contributed by atoms with E-state index in [9.17, 15) is 9.59 Å². The lowest BCUT2D eigenvalue weighted by Gasteiger charge is -2.40. The molecule has 2 amide bonds. The summed E-state index contributed by atoms with van der Waals surface area (Å²) in [5.41, 5.74) is 9.64. The average Bonchev–Trinajstić information content (AvgIpc) is 3.23. The second-order valence-electron chi connectivity index (χ2n) is 8.88. The van der Waals surface area contributed by atoms with Crippen molar-refractivity contribution in [1.82, 2.24) is 29.6 Å². The number of nitrogens with one attached hydrogen (secondary N) is 1. The maximum Gasteiger partial charge on any atom is 0.256 e. The van der Waals surface area contributed by atoms with Crippen LogP contribution in [-0.4, -0.2) is 54.5 Å². The van der Waals surface area contributed by atoms with Gasteiger partial charge in [0.15, 0.2) is 5.65 Å². The number of fused-ring (bicyclic) bond motifs is 1. The van der Waals surface area contributed by atoms with Gasteiger partial charge in [0.1, 0.15) is 23.7 Å². The Morgan fingerprint density at radius 1 is 1.17 bits per heavy atom. The van der Waals surface area contributed by atoms with E-state index in [0.717, 1.165) is 24.1 Å². The summed E-state index contributed by atoms with van der Waals surface area (Å²) in [5, 5.41) is 8.33. The van der Waals surface area contributed by atoms with Gasteiger partial charge in [0.25, 0.3) is 5.91 Å². The molecular weight excluding hydrogens is 456 g/mol. The molecule has 0 unspecified atom stereocenters. The van der Waals surface area contributed by atoms with Crippen molar-refractivity contribution in [2.75, 3.05) is 18.1 Å². The van der Waals surface area contributed by atoms with Crippen LogP contribution in [-0.2, 0) is 4.79 Å². The van der Waals surface area contributed by atoms with E-state index in [-0.39, 0.29) is 23.9 Å². The first-order valence-corrected chi connectivity index (χ1v) is 11.6. The molecule has 0 atom stereocenters. The monoisotopic (exact) mass is 482 g/mol. The van der Waals surface area contributed by atoms with Crippen LogP contribution >= 0.6 is 0 Å². The predicted molar refractivity (Wildman–Crippen MR) is 137 cm³/mol. The number of nitrogens with two attached hydrogens (primary N) is 1. The molecule has 182 valence electrons. The third-order valence-corrected chi connectivity index (χ3v) is 6.57. The summed E-state index contributed by atoms with van der Waals surface area (Å²) in [7, 11) is 1.78. The second kappa shape index (κ2) is 9.21. The Morgan fingerprint density at radius 3 is 2.61 bits per heavy atom. The molecule has 0 spiro atoms. The quantitative estimate of drug-likeness (QED) is 0.403. The van der Waals surface area contributed by atoms with Crippen molar-refractivity contribution in [3.8, 4) is 11.3 Å². The van der Waals surface area contributed by atoms with Crippen LogP contribution in [0, 0.1) is 6.92 Å². The van der Waals surface area contributed by atoms with Crippen LogP contribution in [0.25, 0.3) is 22.3 Å². The number of rotatable bonds is 6. The van der Waals surface area contributed by atoms with Gasteiger partial charge < -0.3 is 16.0 Å². The molecule has 0 aliphatic heterocycles. The zero-order valence-corrected chi connectivity index (χ0v) is 20.0. The highest BCUT2D eigenvalue weighted by Crippen LogP contribution is 2.39. The molecule has 3 aromatic heterocycles. The van der Waals surface area contributed by atoms with Crippen molar-refractivity contribution in [2.45, 2.75) is 31.8 Å². The zero-order valence-electron chi connectivity index (χ0n) is 20.0. The van der Waals surface area contributed by atoms with Crippen LogP contribution in [0.5, 0.6) is 0 Å². The Balaban J connectivity index is 1.41. The molecule has 10 nitrogen and oxygen atoms in total. The topological polar surface area (TPSA) is 132 Å². The van der Waals surface area contributed by atoms with Crippen LogP contribution in [0.15, 0.2) is 61.4 Å². The Morgan fingerprint density at radius 2 is 1.92 bits per heavy atom. The van der Waals surface area contributed by atoms with Gasteiger partial charge in [-0.2, -0.15) is 5.10 Å². The number of carbonyl (C=O) groups is 2. The second-order valence-corrected chi connectivity index (χ2v) is 8.88. The molecule has 10 heteroatoms. The average molecular weight is 483 g/mol. The van der Waals surface area contributed by atoms with Crippen LogP contribution in [0.3, 0.4) is 0 Å². The maximum absolute atomic E-state index is 12.7. The summed E-state index contributed by atoms with van der Waals surface area (Å²) in [6.45, 7) is 5.43. The number of hydrogen-bond donors (Lipinski definition) is 2. The first kappa shape index (κ1) is 23.2. The first-order valence-electron chi connectivity index (χ1n) is 11.6. The van der Waals surface area contributed by atoms with Crippen molar-refractivity contribution >= 4 is 34.5 Å². The van der Waals surface area contributed by atoms with Gasteiger partial charge in [0, 0.05) is 29.9 Å². The van der Waals surface area contributed by atoms with E-state index in [1.807, 2.05) is 35.9 Å². The molecule has 3 N–H and O–H groups in total. The smallest absolute Gasteiger partial charge is 0.256 e. The fraction of sp³-hybridized carbons (Fsp3) is 0.231. The van der Waals surface area contributed by atoms with Gasteiger partial charge >= 0.3 is 0 Å². The van der Waals surface area contributed by atoms with Crippen LogP contribution in [0.2, 0.25) is 0 Å². The van der Waals surface area contributed by atoms with E-state index in [1.165, 1.54) is 12.4 Å². The summed E-state index contributed by atoms with van der Waals surface area (Å²) in [4.78, 5) is 39.3. The van der Waals surface area contributed by atoms with Crippen molar-refractivity contribution in [1.29, 1.82) is 0 Å². The highest BCUT2D eigenvalue weighted by Gasteiger charge is 2.37. The molecule has 1 fully saturated rings. The third-order valence-electron chi connectivity index (χ3n) is 6.57. The number of anilines is 2. The minimum atomic E-state index is -0.253. The molecule has 36 heavy (non-hydrogen) atoms. The molecule has 1 saturated carbocycles. The minimum absolute atomic E-state index is 0.0764. The Bertz CT molecular complexity index is 1470. The van der Waals surface area contributed by atoms with Crippen molar-refractivity contribution in [2.24, 2.45) is 0 Å². The molecule has 5 rings (SSSR count). The maximum atomic E-state index is 12.7. The number of nitrogen functional groups attached to an aromatic ring is 1. The number of benzene rings is 1. The van der Waals surface area contributed by atoms with E-state index >= 15 is 0 Å². The first-order chi connectivity index (χ1) is 17.4. The lowest BCUT2D eigenvalue weighted by Crippen LogP contribution is -2.45. The van der Waals surface area contributed by atoms with Gasteiger partial charge in [-0.05, 0) is 50.1 Å². The third kappa shape index (κ3) is 4.17. The van der Waals surface area contributed by atoms with Gasteiger partial charge in [-0.1, -0.05) is 24.8 Å². The molecule has 0 saturated heterocycles.